The molecule has 0 aliphatic carbocycles. The summed E-state index contributed by atoms with van der Waals surface area (Å²) in [6, 6.07) is 7.54. The molecule has 0 atom stereocenters. The van der Waals surface area contributed by atoms with Crippen LogP contribution >= 0.6 is 0 Å². The minimum Gasteiger partial charge on any atom is -0.476 e. The second-order valence-corrected chi connectivity index (χ2v) is 4.86. The highest BCUT2D eigenvalue weighted by atomic mass is 16.5. The SMILES string of the molecule is CC.Cc1nc2ccccc2c(C(=O)NC(C)C)c1OCN. The van der Waals surface area contributed by atoms with Gasteiger partial charge in [-0.2, -0.15) is 0 Å². The molecule has 0 aliphatic heterocycles. The molecule has 0 unspecified atom stereocenters. The van der Waals surface area contributed by atoms with Crippen LogP contribution in [0.4, 0.5) is 0 Å². The number of carbonyl (C=O) groups excluding carboxylic acids is 1. The van der Waals surface area contributed by atoms with E-state index in [0.717, 1.165) is 10.9 Å². The monoisotopic (exact) mass is 303 g/mol. The van der Waals surface area contributed by atoms with Crippen LogP contribution in [0, 0.1) is 6.92 Å². The van der Waals surface area contributed by atoms with E-state index in [1.54, 1.807) is 0 Å². The fraction of sp³-hybridized carbons (Fsp3) is 0.412. The molecule has 5 nitrogen and oxygen atoms in total. The van der Waals surface area contributed by atoms with E-state index in [1.165, 1.54) is 0 Å². The first-order chi connectivity index (χ1) is 10.5. The molecule has 0 bridgehead atoms. The molecule has 1 aromatic carbocycles. The van der Waals surface area contributed by atoms with Crippen molar-refractivity contribution in [2.75, 3.05) is 6.73 Å². The normalized spacial score (nSPS) is 10.1. The number of nitrogens with zero attached hydrogens (tertiary/aromatic N) is 1. The van der Waals surface area contributed by atoms with Crippen molar-refractivity contribution in [3.63, 3.8) is 0 Å². The Labute approximate surface area is 131 Å². The average molecular weight is 303 g/mol. The first kappa shape index (κ1) is 17.9. The largest absolute Gasteiger partial charge is 0.476 e. The van der Waals surface area contributed by atoms with Gasteiger partial charge in [0.15, 0.2) is 5.75 Å². The Hall–Kier alpha value is -2.14. The zero-order chi connectivity index (χ0) is 16.7. The number of aromatic nitrogens is 1. The van der Waals surface area contributed by atoms with Crippen LogP contribution in [0.5, 0.6) is 5.75 Å². The van der Waals surface area contributed by atoms with Gasteiger partial charge in [0, 0.05) is 11.4 Å². The van der Waals surface area contributed by atoms with Crippen molar-refractivity contribution >= 4 is 16.8 Å². The number of pyridine rings is 1. The van der Waals surface area contributed by atoms with E-state index in [0.29, 0.717) is 17.0 Å². The lowest BCUT2D eigenvalue weighted by molar-refractivity contribution is 0.0940. The topological polar surface area (TPSA) is 77.2 Å². The summed E-state index contributed by atoms with van der Waals surface area (Å²) in [4.78, 5) is 16.9. The molecular weight excluding hydrogens is 278 g/mol. The quantitative estimate of drug-likeness (QED) is 0.851. The van der Waals surface area contributed by atoms with Crippen LogP contribution in [0.1, 0.15) is 43.7 Å². The molecule has 2 aromatic rings. The van der Waals surface area contributed by atoms with E-state index in [2.05, 4.69) is 10.3 Å². The van der Waals surface area contributed by atoms with E-state index in [1.807, 2.05) is 58.9 Å². The van der Waals surface area contributed by atoms with Crippen molar-refractivity contribution in [1.29, 1.82) is 0 Å². The fourth-order valence-corrected chi connectivity index (χ4v) is 2.14. The van der Waals surface area contributed by atoms with Gasteiger partial charge in [-0.3, -0.25) is 10.5 Å². The minimum absolute atomic E-state index is 0.00280. The number of benzene rings is 1. The molecule has 0 spiro atoms. The molecule has 0 saturated carbocycles. The molecule has 2 rings (SSSR count). The van der Waals surface area contributed by atoms with Gasteiger partial charge in [-0.1, -0.05) is 32.0 Å². The molecular formula is C17H25N3O2. The third kappa shape index (κ3) is 3.95. The standard InChI is InChI=1S/C15H19N3O2.C2H6/c1-9(2)17-15(19)13-11-6-4-5-7-12(11)18-10(3)14(13)20-8-16;1-2/h4-7,9H,8,16H2,1-3H3,(H,17,19);1-2H3. The van der Waals surface area contributed by atoms with Crippen LogP contribution in [0.15, 0.2) is 24.3 Å². The van der Waals surface area contributed by atoms with Crippen molar-refractivity contribution in [2.24, 2.45) is 5.73 Å². The lowest BCUT2D eigenvalue weighted by Gasteiger charge is -2.16. The van der Waals surface area contributed by atoms with Gasteiger partial charge >= 0.3 is 0 Å². The predicted octanol–water partition coefficient (Wildman–Crippen LogP) is 3.00. The highest BCUT2D eigenvalue weighted by molar-refractivity contribution is 6.08. The summed E-state index contributed by atoms with van der Waals surface area (Å²) in [5.41, 5.74) is 7.38. The Morgan fingerprint density at radius 3 is 2.55 bits per heavy atom. The van der Waals surface area contributed by atoms with Crippen molar-refractivity contribution in [1.82, 2.24) is 10.3 Å². The molecule has 1 amide bonds. The summed E-state index contributed by atoms with van der Waals surface area (Å²) in [6.07, 6.45) is 0. The van der Waals surface area contributed by atoms with Crippen molar-refractivity contribution in [3.05, 3.63) is 35.5 Å². The summed E-state index contributed by atoms with van der Waals surface area (Å²) in [7, 11) is 0. The van der Waals surface area contributed by atoms with Crippen molar-refractivity contribution < 1.29 is 9.53 Å². The molecule has 0 saturated heterocycles. The molecule has 22 heavy (non-hydrogen) atoms. The number of nitrogens with two attached hydrogens (primary N) is 1. The Morgan fingerprint density at radius 1 is 1.32 bits per heavy atom. The molecule has 0 fully saturated rings. The van der Waals surface area contributed by atoms with E-state index >= 15 is 0 Å². The molecule has 1 aromatic heterocycles. The van der Waals surface area contributed by atoms with Gasteiger partial charge in [-0.15, -0.1) is 0 Å². The van der Waals surface area contributed by atoms with Crippen molar-refractivity contribution in [3.8, 4) is 5.75 Å². The lowest BCUT2D eigenvalue weighted by atomic mass is 10.1. The summed E-state index contributed by atoms with van der Waals surface area (Å²) in [5.74, 6) is 0.273. The van der Waals surface area contributed by atoms with E-state index in [4.69, 9.17) is 10.5 Å². The molecule has 120 valence electrons. The smallest absolute Gasteiger partial charge is 0.256 e. The van der Waals surface area contributed by atoms with Gasteiger partial charge in [0.05, 0.1) is 16.8 Å². The second-order valence-electron chi connectivity index (χ2n) is 4.86. The first-order valence-corrected chi connectivity index (χ1v) is 7.57. The van der Waals surface area contributed by atoms with E-state index < -0.39 is 0 Å². The lowest BCUT2D eigenvalue weighted by Crippen LogP contribution is -2.31. The molecule has 0 radical (unpaired) electrons. The highest BCUT2D eigenvalue weighted by Gasteiger charge is 2.20. The maximum absolute atomic E-state index is 12.5. The highest BCUT2D eigenvalue weighted by Crippen LogP contribution is 2.29. The number of amides is 1. The van der Waals surface area contributed by atoms with Gasteiger partial charge in [0.25, 0.3) is 5.91 Å². The van der Waals surface area contributed by atoms with Crippen LogP contribution in [0.3, 0.4) is 0 Å². The zero-order valence-electron chi connectivity index (χ0n) is 13.9. The summed E-state index contributed by atoms with van der Waals surface area (Å²) in [5, 5.41) is 3.65. The van der Waals surface area contributed by atoms with Gasteiger partial charge < -0.3 is 10.1 Å². The number of hydrogen-bond acceptors (Lipinski definition) is 4. The second kappa shape index (κ2) is 8.34. The molecule has 0 aliphatic rings. The fourth-order valence-electron chi connectivity index (χ4n) is 2.14. The Kier molecular flexibility index (Phi) is 6.79. The van der Waals surface area contributed by atoms with Crippen molar-refractivity contribution in [2.45, 2.75) is 40.7 Å². The Morgan fingerprint density at radius 2 is 1.95 bits per heavy atom. The van der Waals surface area contributed by atoms with E-state index in [9.17, 15) is 4.79 Å². The molecule has 5 heteroatoms. The zero-order valence-corrected chi connectivity index (χ0v) is 13.9. The number of rotatable bonds is 4. The van der Waals surface area contributed by atoms with Crippen LogP contribution in [-0.2, 0) is 0 Å². The predicted molar refractivity (Wildman–Crippen MR) is 90.1 cm³/mol. The number of fused-ring (bicyclic) bond motifs is 1. The number of ether oxygens (including phenoxy) is 1. The third-order valence-corrected chi connectivity index (χ3v) is 2.89. The maximum Gasteiger partial charge on any atom is 0.256 e. The average Bonchev–Trinajstić information content (AvgIpc) is 2.49. The van der Waals surface area contributed by atoms with Gasteiger partial charge in [-0.05, 0) is 26.8 Å². The number of nitrogens with one attached hydrogen (secondary N) is 1. The number of para-hydroxylation sites is 1. The Bertz CT molecular complexity index is 639. The number of hydrogen-bond donors (Lipinski definition) is 2. The maximum atomic E-state index is 12.5. The first-order valence-electron chi connectivity index (χ1n) is 7.57. The molecule has 1 heterocycles. The summed E-state index contributed by atoms with van der Waals surface area (Å²) < 4.78 is 5.43. The van der Waals surface area contributed by atoms with Crippen LogP contribution in [-0.4, -0.2) is 23.7 Å². The third-order valence-electron chi connectivity index (χ3n) is 2.89. The minimum atomic E-state index is -0.176. The molecule has 3 N–H and O–H groups in total. The van der Waals surface area contributed by atoms with E-state index in [-0.39, 0.29) is 18.7 Å². The van der Waals surface area contributed by atoms with Crippen LogP contribution < -0.4 is 15.8 Å². The van der Waals surface area contributed by atoms with Crippen LogP contribution in [0.25, 0.3) is 10.9 Å². The van der Waals surface area contributed by atoms with Gasteiger partial charge in [0.1, 0.15) is 6.73 Å². The summed E-state index contributed by atoms with van der Waals surface area (Å²) >= 11 is 0. The number of carbonyl (C=O) groups is 1. The van der Waals surface area contributed by atoms with Crippen LogP contribution in [0.2, 0.25) is 0 Å². The summed E-state index contributed by atoms with van der Waals surface area (Å²) in [6.45, 7) is 9.64. The number of aryl methyl sites for hydroxylation is 1. The Balaban J connectivity index is 0.00000116. The van der Waals surface area contributed by atoms with Gasteiger partial charge in [-0.25, -0.2) is 4.98 Å². The van der Waals surface area contributed by atoms with Gasteiger partial charge in [0.2, 0.25) is 0 Å².